The van der Waals surface area contributed by atoms with E-state index in [1.54, 1.807) is 0 Å². The monoisotopic (exact) mass is 282 g/mol. The Morgan fingerprint density at radius 3 is 2.68 bits per heavy atom. The van der Waals surface area contributed by atoms with E-state index in [-0.39, 0.29) is 0 Å². The number of pyridine rings is 1. The van der Waals surface area contributed by atoms with Gasteiger partial charge in [0.05, 0.1) is 0 Å². The first kappa shape index (κ1) is 14.6. The third-order valence-electron chi connectivity index (χ3n) is 3.48. The lowest BCUT2D eigenvalue weighted by molar-refractivity contribution is 0.231. The summed E-state index contributed by atoms with van der Waals surface area (Å²) in [6.45, 7) is 8.37. The van der Waals surface area contributed by atoms with Gasteiger partial charge in [0.15, 0.2) is 0 Å². The molecule has 2 heterocycles. The topological polar surface area (TPSA) is 25.4 Å². The number of alkyl halides is 1. The molecule has 1 saturated heterocycles. The maximum Gasteiger partial charge on any atom is 0.213 e. The number of aromatic nitrogens is 1. The molecule has 0 bridgehead atoms. The Morgan fingerprint density at radius 1 is 1.32 bits per heavy atom. The van der Waals surface area contributed by atoms with E-state index in [2.05, 4.69) is 29.8 Å². The lowest BCUT2D eigenvalue weighted by atomic mass is 10.1. The van der Waals surface area contributed by atoms with Crippen LogP contribution in [0.3, 0.4) is 0 Å². The Hall–Kier alpha value is -0.800. The summed E-state index contributed by atoms with van der Waals surface area (Å²) in [5.74, 6) is 1.61. The first-order valence-corrected chi connectivity index (χ1v) is 7.64. The number of rotatable bonds is 6. The lowest BCUT2D eigenvalue weighted by Gasteiger charge is -2.15. The largest absolute Gasteiger partial charge is 0.476 e. The van der Waals surface area contributed by atoms with Crippen molar-refractivity contribution in [1.82, 2.24) is 9.88 Å². The summed E-state index contributed by atoms with van der Waals surface area (Å²) in [6.07, 6.45) is 2.63. The van der Waals surface area contributed by atoms with Crippen LogP contribution in [0.15, 0.2) is 12.1 Å². The smallest absolute Gasteiger partial charge is 0.213 e. The molecule has 1 aromatic rings. The molecule has 1 aliphatic heterocycles. The predicted octanol–water partition coefficient (Wildman–Crippen LogP) is 3.42. The summed E-state index contributed by atoms with van der Waals surface area (Å²) in [5, 5.41) is 0. The molecule has 0 saturated carbocycles. The van der Waals surface area contributed by atoms with E-state index in [1.807, 2.05) is 6.07 Å². The van der Waals surface area contributed by atoms with Gasteiger partial charge in [0.2, 0.25) is 5.88 Å². The van der Waals surface area contributed by atoms with Gasteiger partial charge in [-0.15, -0.1) is 11.6 Å². The zero-order valence-corrected chi connectivity index (χ0v) is 12.6. The number of likely N-dealkylation sites (tertiary alicyclic amines) is 1. The van der Waals surface area contributed by atoms with Gasteiger partial charge in [0, 0.05) is 24.2 Å². The number of hydrogen-bond donors (Lipinski definition) is 0. The second-order valence-corrected chi connectivity index (χ2v) is 5.69. The molecule has 3 nitrogen and oxygen atoms in total. The van der Waals surface area contributed by atoms with E-state index >= 15 is 0 Å². The minimum atomic E-state index is 0.393. The van der Waals surface area contributed by atoms with Crippen molar-refractivity contribution in [3.63, 3.8) is 0 Å². The summed E-state index contributed by atoms with van der Waals surface area (Å²) in [6, 6.07) is 4.01. The van der Waals surface area contributed by atoms with Crippen molar-refractivity contribution in [2.75, 3.05) is 26.2 Å². The predicted molar refractivity (Wildman–Crippen MR) is 79.1 cm³/mol. The third kappa shape index (κ3) is 4.36. The Bertz CT molecular complexity index is 403. The van der Waals surface area contributed by atoms with Crippen LogP contribution in [0, 0.1) is 0 Å². The maximum atomic E-state index is 5.92. The average molecular weight is 283 g/mol. The standard InChI is InChI=1S/C15H23ClN2O/c1-12(2)14-9-13(11-16)10-15(17-14)19-8-7-18-5-3-4-6-18/h9-10,12H,3-8,11H2,1-2H3. The molecule has 19 heavy (non-hydrogen) atoms. The number of nitrogens with zero attached hydrogens (tertiary/aromatic N) is 2. The van der Waals surface area contributed by atoms with Gasteiger partial charge >= 0.3 is 0 Å². The van der Waals surface area contributed by atoms with Gasteiger partial charge in [-0.25, -0.2) is 4.98 Å². The fraction of sp³-hybridized carbons (Fsp3) is 0.667. The lowest BCUT2D eigenvalue weighted by Crippen LogP contribution is -2.25. The average Bonchev–Trinajstić information content (AvgIpc) is 2.91. The second-order valence-electron chi connectivity index (χ2n) is 5.42. The molecule has 0 amide bonds. The van der Waals surface area contributed by atoms with Gasteiger partial charge in [-0.2, -0.15) is 0 Å². The Balaban J connectivity index is 1.92. The van der Waals surface area contributed by atoms with Gasteiger partial charge in [0.1, 0.15) is 6.61 Å². The molecule has 0 aromatic carbocycles. The highest BCUT2D eigenvalue weighted by Crippen LogP contribution is 2.20. The van der Waals surface area contributed by atoms with Crippen molar-refractivity contribution >= 4 is 11.6 Å². The van der Waals surface area contributed by atoms with Crippen LogP contribution in [-0.2, 0) is 5.88 Å². The fourth-order valence-corrected chi connectivity index (χ4v) is 2.47. The van der Waals surface area contributed by atoms with Crippen LogP contribution in [0.25, 0.3) is 0 Å². The van der Waals surface area contributed by atoms with Crippen LogP contribution < -0.4 is 4.74 Å². The molecule has 0 spiro atoms. The van der Waals surface area contributed by atoms with Crippen LogP contribution in [0.2, 0.25) is 0 Å². The molecule has 1 aliphatic rings. The molecule has 2 rings (SSSR count). The Labute approximate surface area is 120 Å². The summed E-state index contributed by atoms with van der Waals surface area (Å²) < 4.78 is 5.79. The zero-order chi connectivity index (χ0) is 13.7. The highest BCUT2D eigenvalue weighted by Gasteiger charge is 2.11. The van der Waals surface area contributed by atoms with Crippen LogP contribution in [0.4, 0.5) is 0 Å². The van der Waals surface area contributed by atoms with Crippen molar-refractivity contribution in [2.45, 2.75) is 38.5 Å². The Kier molecular flexibility index (Phi) is 5.46. The van der Waals surface area contributed by atoms with Crippen molar-refractivity contribution in [1.29, 1.82) is 0 Å². The van der Waals surface area contributed by atoms with Crippen LogP contribution in [0.1, 0.15) is 43.9 Å². The van der Waals surface area contributed by atoms with Crippen molar-refractivity contribution < 1.29 is 4.74 Å². The third-order valence-corrected chi connectivity index (χ3v) is 3.79. The molecular formula is C15H23ClN2O. The molecule has 0 atom stereocenters. The van der Waals surface area contributed by atoms with Gasteiger partial charge < -0.3 is 4.74 Å². The molecule has 0 aliphatic carbocycles. The van der Waals surface area contributed by atoms with Crippen LogP contribution in [-0.4, -0.2) is 36.1 Å². The molecule has 1 aromatic heterocycles. The molecule has 4 heteroatoms. The van der Waals surface area contributed by atoms with E-state index in [0.717, 1.165) is 17.8 Å². The van der Waals surface area contributed by atoms with Gasteiger partial charge in [-0.3, -0.25) is 4.90 Å². The van der Waals surface area contributed by atoms with E-state index < -0.39 is 0 Å². The SMILES string of the molecule is CC(C)c1cc(CCl)cc(OCCN2CCCC2)n1. The van der Waals surface area contributed by atoms with E-state index in [9.17, 15) is 0 Å². The van der Waals surface area contributed by atoms with Gasteiger partial charge in [0.25, 0.3) is 0 Å². The van der Waals surface area contributed by atoms with Crippen molar-refractivity contribution in [3.8, 4) is 5.88 Å². The maximum absolute atomic E-state index is 5.92. The fourth-order valence-electron chi connectivity index (χ4n) is 2.31. The highest BCUT2D eigenvalue weighted by molar-refractivity contribution is 6.17. The first-order chi connectivity index (χ1) is 9.19. The number of hydrogen-bond acceptors (Lipinski definition) is 3. The number of ether oxygens (including phenoxy) is 1. The molecule has 0 unspecified atom stereocenters. The molecule has 1 fully saturated rings. The van der Waals surface area contributed by atoms with E-state index in [1.165, 1.54) is 25.9 Å². The highest BCUT2D eigenvalue weighted by atomic mass is 35.5. The van der Waals surface area contributed by atoms with E-state index in [4.69, 9.17) is 16.3 Å². The Morgan fingerprint density at radius 2 is 2.05 bits per heavy atom. The van der Waals surface area contributed by atoms with Gasteiger partial charge in [-0.1, -0.05) is 13.8 Å². The second kappa shape index (κ2) is 7.11. The normalized spacial score (nSPS) is 16.2. The summed E-state index contributed by atoms with van der Waals surface area (Å²) in [4.78, 5) is 6.98. The molecular weight excluding hydrogens is 260 g/mol. The molecule has 0 N–H and O–H groups in total. The number of halogens is 1. The first-order valence-electron chi connectivity index (χ1n) is 7.11. The van der Waals surface area contributed by atoms with E-state index in [0.29, 0.717) is 24.3 Å². The molecule has 106 valence electrons. The van der Waals surface area contributed by atoms with Crippen molar-refractivity contribution in [2.24, 2.45) is 0 Å². The van der Waals surface area contributed by atoms with Crippen LogP contribution >= 0.6 is 11.6 Å². The summed E-state index contributed by atoms with van der Waals surface area (Å²) in [7, 11) is 0. The minimum Gasteiger partial charge on any atom is -0.476 e. The van der Waals surface area contributed by atoms with Gasteiger partial charge in [-0.05, 0) is 43.5 Å². The van der Waals surface area contributed by atoms with Crippen molar-refractivity contribution in [3.05, 3.63) is 23.4 Å². The summed E-state index contributed by atoms with van der Waals surface area (Å²) >= 11 is 5.92. The minimum absolute atomic E-state index is 0.393. The zero-order valence-electron chi connectivity index (χ0n) is 11.9. The van der Waals surface area contributed by atoms with Crippen LogP contribution in [0.5, 0.6) is 5.88 Å². The quantitative estimate of drug-likeness (QED) is 0.748. The molecule has 0 radical (unpaired) electrons. The summed E-state index contributed by atoms with van der Waals surface area (Å²) in [5.41, 5.74) is 2.13.